The lowest BCUT2D eigenvalue weighted by molar-refractivity contribution is 0.249. The van der Waals surface area contributed by atoms with E-state index in [1.165, 1.54) is 51.0 Å². The number of likely N-dealkylation sites (tertiary alicyclic amines) is 1. The van der Waals surface area contributed by atoms with Crippen molar-refractivity contribution in [1.82, 2.24) is 9.88 Å². The van der Waals surface area contributed by atoms with Gasteiger partial charge in [-0.25, -0.2) is 0 Å². The molecule has 2 fully saturated rings. The fourth-order valence-electron chi connectivity index (χ4n) is 3.45. The van der Waals surface area contributed by atoms with Crippen molar-refractivity contribution in [3.8, 4) is 0 Å². The van der Waals surface area contributed by atoms with Gasteiger partial charge in [0.1, 0.15) is 4.99 Å². The molecule has 2 saturated heterocycles. The van der Waals surface area contributed by atoms with Gasteiger partial charge >= 0.3 is 0 Å². The van der Waals surface area contributed by atoms with Gasteiger partial charge in [-0.3, -0.25) is 4.98 Å². The minimum Gasteiger partial charge on any atom is -0.388 e. The predicted octanol–water partition coefficient (Wildman–Crippen LogP) is 2.03. The average Bonchev–Trinajstić information content (AvgIpc) is 3.01. The first kappa shape index (κ1) is 14.7. The zero-order chi connectivity index (χ0) is 14.7. The Morgan fingerprint density at radius 1 is 1.24 bits per heavy atom. The highest BCUT2D eigenvalue weighted by atomic mass is 32.1. The number of nitrogens with zero attached hydrogens (tertiary/aromatic N) is 3. The molecule has 3 rings (SSSR count). The first-order valence-corrected chi connectivity index (χ1v) is 8.36. The molecule has 0 atom stereocenters. The maximum absolute atomic E-state index is 5.67. The van der Waals surface area contributed by atoms with Crippen molar-refractivity contribution in [2.24, 2.45) is 11.7 Å². The summed E-state index contributed by atoms with van der Waals surface area (Å²) in [5.74, 6) is 0.858. The van der Waals surface area contributed by atoms with Crippen LogP contribution in [-0.4, -0.2) is 47.6 Å². The van der Waals surface area contributed by atoms with Gasteiger partial charge in [-0.1, -0.05) is 12.2 Å². The number of pyridine rings is 1. The summed E-state index contributed by atoms with van der Waals surface area (Å²) in [7, 11) is 0. The molecule has 0 radical (unpaired) electrons. The van der Waals surface area contributed by atoms with Gasteiger partial charge in [0, 0.05) is 31.5 Å². The largest absolute Gasteiger partial charge is 0.388 e. The van der Waals surface area contributed by atoms with Crippen molar-refractivity contribution in [2.45, 2.75) is 25.7 Å². The lowest BCUT2D eigenvalue weighted by atomic mass is 9.96. The van der Waals surface area contributed by atoms with Gasteiger partial charge in [-0.05, 0) is 56.8 Å². The number of hydrogen-bond acceptors (Lipinski definition) is 4. The van der Waals surface area contributed by atoms with E-state index >= 15 is 0 Å². The highest BCUT2D eigenvalue weighted by Gasteiger charge is 2.23. The Labute approximate surface area is 132 Å². The molecule has 114 valence electrons. The molecule has 0 saturated carbocycles. The summed E-state index contributed by atoms with van der Waals surface area (Å²) in [6.45, 7) is 6.16. The quantitative estimate of drug-likeness (QED) is 0.862. The molecule has 0 amide bonds. The molecule has 2 aliphatic rings. The van der Waals surface area contributed by atoms with E-state index in [1.54, 1.807) is 6.20 Å². The molecule has 2 aliphatic heterocycles. The first-order valence-electron chi connectivity index (χ1n) is 7.95. The van der Waals surface area contributed by atoms with Crippen molar-refractivity contribution >= 4 is 22.9 Å². The summed E-state index contributed by atoms with van der Waals surface area (Å²) in [5, 5.41) is 0. The van der Waals surface area contributed by atoms with Crippen LogP contribution >= 0.6 is 12.2 Å². The predicted molar refractivity (Wildman–Crippen MR) is 90.7 cm³/mol. The van der Waals surface area contributed by atoms with Gasteiger partial charge in [0.25, 0.3) is 0 Å². The number of rotatable bonds is 4. The number of aromatic nitrogens is 1. The Hall–Kier alpha value is -1.20. The second-order valence-corrected chi connectivity index (χ2v) is 6.64. The third-order valence-corrected chi connectivity index (χ3v) is 4.90. The summed E-state index contributed by atoms with van der Waals surface area (Å²) in [4.78, 5) is 9.66. The van der Waals surface area contributed by atoms with Crippen molar-refractivity contribution in [3.05, 3.63) is 24.0 Å². The molecule has 21 heavy (non-hydrogen) atoms. The normalized spacial score (nSPS) is 20.9. The van der Waals surface area contributed by atoms with E-state index in [-0.39, 0.29) is 0 Å². The van der Waals surface area contributed by atoms with E-state index in [0.717, 1.165) is 24.7 Å². The van der Waals surface area contributed by atoms with Crippen molar-refractivity contribution in [3.63, 3.8) is 0 Å². The van der Waals surface area contributed by atoms with Crippen LogP contribution in [-0.2, 0) is 0 Å². The lowest BCUT2D eigenvalue weighted by Crippen LogP contribution is -2.38. The van der Waals surface area contributed by atoms with Crippen LogP contribution in [0.3, 0.4) is 0 Å². The minimum absolute atomic E-state index is 0.376. The third kappa shape index (κ3) is 3.71. The Bertz CT molecular complexity index is 491. The minimum atomic E-state index is 0.376. The Morgan fingerprint density at radius 3 is 2.62 bits per heavy atom. The van der Waals surface area contributed by atoms with Crippen molar-refractivity contribution in [1.29, 1.82) is 0 Å². The summed E-state index contributed by atoms with van der Waals surface area (Å²) in [6, 6.07) is 4.08. The Kier molecular flexibility index (Phi) is 4.70. The summed E-state index contributed by atoms with van der Waals surface area (Å²) >= 11 is 5.01. The molecular weight excluding hydrogens is 280 g/mol. The van der Waals surface area contributed by atoms with Crippen LogP contribution in [0.2, 0.25) is 0 Å². The topological polar surface area (TPSA) is 45.4 Å². The Morgan fingerprint density at radius 2 is 1.95 bits per heavy atom. The van der Waals surface area contributed by atoms with Crippen LogP contribution in [0.4, 0.5) is 5.69 Å². The maximum Gasteiger partial charge on any atom is 0.122 e. The van der Waals surface area contributed by atoms with Gasteiger partial charge in [-0.15, -0.1) is 0 Å². The number of hydrogen-bond donors (Lipinski definition) is 1. The molecule has 3 heterocycles. The molecule has 0 aromatic carbocycles. The van der Waals surface area contributed by atoms with Gasteiger partial charge in [-0.2, -0.15) is 0 Å². The number of anilines is 1. The van der Waals surface area contributed by atoms with Gasteiger partial charge < -0.3 is 15.5 Å². The van der Waals surface area contributed by atoms with Crippen molar-refractivity contribution < 1.29 is 0 Å². The van der Waals surface area contributed by atoms with Crippen LogP contribution < -0.4 is 10.6 Å². The van der Waals surface area contributed by atoms with Crippen LogP contribution in [0, 0.1) is 5.92 Å². The highest BCUT2D eigenvalue weighted by Crippen LogP contribution is 2.25. The molecule has 0 aliphatic carbocycles. The van der Waals surface area contributed by atoms with E-state index in [4.69, 9.17) is 18.0 Å². The average molecular weight is 304 g/mol. The third-order valence-electron chi connectivity index (χ3n) is 4.69. The van der Waals surface area contributed by atoms with E-state index in [0.29, 0.717) is 4.99 Å². The van der Waals surface area contributed by atoms with Crippen LogP contribution in [0.5, 0.6) is 0 Å². The van der Waals surface area contributed by atoms with Crippen LogP contribution in [0.25, 0.3) is 0 Å². The Balaban J connectivity index is 1.55. The van der Waals surface area contributed by atoms with Gasteiger partial charge in [0.05, 0.1) is 5.69 Å². The molecule has 4 nitrogen and oxygen atoms in total. The molecule has 1 aromatic rings. The molecule has 5 heteroatoms. The first-order chi connectivity index (χ1) is 10.2. The molecule has 1 aromatic heterocycles. The van der Waals surface area contributed by atoms with Gasteiger partial charge in [0.2, 0.25) is 0 Å². The summed E-state index contributed by atoms with van der Waals surface area (Å²) in [6.07, 6.45) is 7.14. The number of nitrogens with two attached hydrogens (primary N) is 1. The van der Waals surface area contributed by atoms with E-state index in [2.05, 4.69) is 20.9 Å². The molecule has 0 bridgehead atoms. The lowest BCUT2D eigenvalue weighted by Gasteiger charge is -2.35. The number of thiocarbonyl (C=S) groups is 1. The zero-order valence-electron chi connectivity index (χ0n) is 12.5. The SMILES string of the molecule is NC(=S)c1cc(N2CCC(CN3CCCC3)CC2)ccn1. The zero-order valence-corrected chi connectivity index (χ0v) is 13.3. The molecule has 0 spiro atoms. The summed E-state index contributed by atoms with van der Waals surface area (Å²) < 4.78 is 0. The van der Waals surface area contributed by atoms with Crippen molar-refractivity contribution in [2.75, 3.05) is 37.6 Å². The second kappa shape index (κ2) is 6.71. The van der Waals surface area contributed by atoms with Gasteiger partial charge in [0.15, 0.2) is 0 Å². The molecular formula is C16H24N4S. The monoisotopic (exact) mass is 304 g/mol. The maximum atomic E-state index is 5.67. The van der Waals surface area contributed by atoms with E-state index in [1.807, 2.05) is 6.07 Å². The summed E-state index contributed by atoms with van der Waals surface area (Å²) in [5.41, 5.74) is 7.60. The fraction of sp³-hybridized carbons (Fsp3) is 0.625. The fourth-order valence-corrected chi connectivity index (χ4v) is 3.57. The highest BCUT2D eigenvalue weighted by molar-refractivity contribution is 7.80. The molecule has 2 N–H and O–H groups in total. The van der Waals surface area contributed by atoms with Crippen LogP contribution in [0.1, 0.15) is 31.4 Å². The standard InChI is InChI=1S/C16H24N4S/c17-16(21)15-11-14(3-6-18-15)20-9-4-13(5-10-20)12-19-7-1-2-8-19/h3,6,11,13H,1-2,4-5,7-10,12H2,(H2,17,21). The smallest absolute Gasteiger partial charge is 0.122 e. The molecule has 0 unspecified atom stereocenters. The number of piperidine rings is 1. The van der Waals surface area contributed by atoms with E-state index in [9.17, 15) is 0 Å². The second-order valence-electron chi connectivity index (χ2n) is 6.20. The van der Waals surface area contributed by atoms with E-state index < -0.39 is 0 Å². The van der Waals surface area contributed by atoms with Crippen LogP contribution in [0.15, 0.2) is 18.3 Å².